The molecule has 9 heavy (non-hydrogen) atoms. The number of rotatable bonds is 2. The molecule has 2 nitrogen and oxygen atoms in total. The summed E-state index contributed by atoms with van der Waals surface area (Å²) in [5, 5.41) is 0.280. The van der Waals surface area contributed by atoms with E-state index >= 15 is 0 Å². The Morgan fingerprint density at radius 1 is 1.56 bits per heavy atom. The van der Waals surface area contributed by atoms with E-state index in [0.717, 1.165) is 12.8 Å². The van der Waals surface area contributed by atoms with Crippen molar-refractivity contribution in [3.8, 4) is 0 Å². The van der Waals surface area contributed by atoms with Gasteiger partial charge in [0.1, 0.15) is 0 Å². The lowest BCUT2D eigenvalue weighted by Crippen LogP contribution is -2.16. The molecule has 1 aliphatic rings. The van der Waals surface area contributed by atoms with Gasteiger partial charge in [-0.15, -0.1) is 0 Å². The van der Waals surface area contributed by atoms with E-state index in [4.69, 9.17) is 4.78 Å². The van der Waals surface area contributed by atoms with Gasteiger partial charge < -0.3 is 0 Å². The van der Waals surface area contributed by atoms with Crippen molar-refractivity contribution in [2.24, 2.45) is 0 Å². The maximum Gasteiger partial charge on any atom is 0.0494 e. The highest BCUT2D eigenvalue weighted by Crippen LogP contribution is 2.31. The zero-order valence-corrected chi connectivity index (χ0v) is 6.70. The largest absolute Gasteiger partial charge is 0.252 e. The second-order valence-electron chi connectivity index (χ2n) is 2.90. The second-order valence-corrected chi connectivity index (χ2v) is 5.80. The third-order valence-corrected chi connectivity index (χ3v) is 4.58. The molecule has 0 heterocycles. The van der Waals surface area contributed by atoms with Crippen LogP contribution in [-0.2, 0) is 9.73 Å². The van der Waals surface area contributed by atoms with Gasteiger partial charge in [0.2, 0.25) is 0 Å². The second kappa shape index (κ2) is 1.97. The third-order valence-electron chi connectivity index (χ3n) is 1.72. The molecular formula is C6H13NOS. The van der Waals surface area contributed by atoms with Gasteiger partial charge in [0.05, 0.1) is 0 Å². The molecule has 0 saturated heterocycles. The van der Waals surface area contributed by atoms with Crippen molar-refractivity contribution in [1.29, 1.82) is 4.78 Å². The smallest absolute Gasteiger partial charge is 0.0494 e. The van der Waals surface area contributed by atoms with Crippen molar-refractivity contribution in [2.45, 2.75) is 37.2 Å². The molecule has 1 atom stereocenters. The van der Waals surface area contributed by atoms with Gasteiger partial charge >= 0.3 is 0 Å². The van der Waals surface area contributed by atoms with E-state index in [9.17, 15) is 4.21 Å². The minimum Gasteiger partial charge on any atom is -0.252 e. The normalized spacial score (nSPS) is 26.1. The van der Waals surface area contributed by atoms with Gasteiger partial charge in [0, 0.05) is 20.2 Å². The van der Waals surface area contributed by atoms with Gasteiger partial charge in [-0.3, -0.25) is 4.78 Å². The molecule has 0 amide bonds. The molecule has 0 aromatic heterocycles. The quantitative estimate of drug-likeness (QED) is 0.633. The lowest BCUT2D eigenvalue weighted by molar-refractivity contribution is 0.666. The summed E-state index contributed by atoms with van der Waals surface area (Å²) in [5.41, 5.74) is 0. The standard InChI is InChI=1S/C6H13NOS/c1-5(2)9(7,8)6-3-4-6/h5-7H,3-4H2,1-2H3/t9-/m1/s1. The summed E-state index contributed by atoms with van der Waals surface area (Å²) in [5.74, 6) is 0. The highest BCUT2D eigenvalue weighted by atomic mass is 32.2. The van der Waals surface area contributed by atoms with Gasteiger partial charge in [-0.1, -0.05) is 13.8 Å². The van der Waals surface area contributed by atoms with E-state index in [1.165, 1.54) is 0 Å². The highest BCUT2D eigenvalue weighted by Gasteiger charge is 2.34. The van der Waals surface area contributed by atoms with Crippen LogP contribution in [0.5, 0.6) is 0 Å². The highest BCUT2D eigenvalue weighted by molar-refractivity contribution is 7.93. The fourth-order valence-corrected chi connectivity index (χ4v) is 2.41. The summed E-state index contributed by atoms with van der Waals surface area (Å²) in [4.78, 5) is 0. The van der Waals surface area contributed by atoms with Crippen LogP contribution in [0.25, 0.3) is 0 Å². The van der Waals surface area contributed by atoms with Gasteiger partial charge in [0.15, 0.2) is 0 Å². The number of hydrogen-bond donors (Lipinski definition) is 1. The van der Waals surface area contributed by atoms with Crippen LogP contribution in [0, 0.1) is 4.78 Å². The summed E-state index contributed by atoms with van der Waals surface area (Å²) < 4.78 is 18.7. The Morgan fingerprint density at radius 2 is 2.00 bits per heavy atom. The monoisotopic (exact) mass is 147 g/mol. The Hall–Kier alpha value is -0.0500. The van der Waals surface area contributed by atoms with Crippen LogP contribution in [0.4, 0.5) is 0 Å². The molecule has 0 unspecified atom stereocenters. The first-order chi connectivity index (χ1) is 4.05. The maximum atomic E-state index is 11.3. The number of nitrogens with one attached hydrogen (secondary N) is 1. The van der Waals surface area contributed by atoms with Gasteiger partial charge in [-0.2, -0.15) is 0 Å². The first-order valence-electron chi connectivity index (χ1n) is 3.31. The van der Waals surface area contributed by atoms with Gasteiger partial charge in [-0.05, 0) is 12.8 Å². The molecule has 1 saturated carbocycles. The summed E-state index contributed by atoms with van der Waals surface area (Å²) in [6.45, 7) is 3.74. The molecule has 1 aliphatic carbocycles. The van der Waals surface area contributed by atoms with Crippen LogP contribution in [0.1, 0.15) is 26.7 Å². The molecule has 3 heteroatoms. The summed E-state index contributed by atoms with van der Waals surface area (Å²) in [6.07, 6.45) is 2.03. The van der Waals surface area contributed by atoms with Crippen LogP contribution in [0.15, 0.2) is 0 Å². The fourth-order valence-electron chi connectivity index (χ4n) is 0.803. The third kappa shape index (κ3) is 1.26. The van der Waals surface area contributed by atoms with E-state index < -0.39 is 9.73 Å². The van der Waals surface area contributed by atoms with Crippen molar-refractivity contribution in [3.05, 3.63) is 0 Å². The topological polar surface area (TPSA) is 40.9 Å². The molecule has 0 bridgehead atoms. The molecule has 1 rings (SSSR count). The SMILES string of the molecule is CC(C)[S@@](=N)(=O)C1CC1. The predicted molar refractivity (Wildman–Crippen MR) is 39.0 cm³/mol. The molecule has 54 valence electrons. The van der Waals surface area contributed by atoms with E-state index in [1.807, 2.05) is 13.8 Å². The zero-order valence-electron chi connectivity index (χ0n) is 5.89. The van der Waals surface area contributed by atoms with E-state index in [0.29, 0.717) is 0 Å². The van der Waals surface area contributed by atoms with Gasteiger partial charge in [0.25, 0.3) is 0 Å². The molecule has 0 aromatic carbocycles. The molecule has 0 radical (unpaired) electrons. The first-order valence-corrected chi connectivity index (χ1v) is 5.00. The van der Waals surface area contributed by atoms with Crippen molar-refractivity contribution in [1.82, 2.24) is 0 Å². The lowest BCUT2D eigenvalue weighted by atomic mass is 10.6. The average Bonchev–Trinajstić information content (AvgIpc) is 2.42. The fraction of sp³-hybridized carbons (Fsp3) is 1.00. The Bertz CT molecular complexity index is 181. The van der Waals surface area contributed by atoms with Crippen molar-refractivity contribution < 1.29 is 4.21 Å². The Balaban J connectivity index is 2.73. The van der Waals surface area contributed by atoms with Crippen molar-refractivity contribution in [3.63, 3.8) is 0 Å². The predicted octanol–water partition coefficient (Wildman–Crippen LogP) is 1.60. The molecule has 0 aromatic rings. The lowest BCUT2D eigenvalue weighted by Gasteiger charge is -2.07. The molecular weight excluding hydrogens is 134 g/mol. The van der Waals surface area contributed by atoms with E-state index in [1.54, 1.807) is 0 Å². The summed E-state index contributed by atoms with van der Waals surface area (Å²) in [7, 11) is -2.20. The van der Waals surface area contributed by atoms with E-state index in [-0.39, 0.29) is 10.5 Å². The minimum atomic E-state index is -2.20. The van der Waals surface area contributed by atoms with Crippen molar-refractivity contribution in [2.75, 3.05) is 0 Å². The average molecular weight is 147 g/mol. The van der Waals surface area contributed by atoms with Crippen LogP contribution in [0.2, 0.25) is 0 Å². The molecule has 1 fully saturated rings. The van der Waals surface area contributed by atoms with E-state index in [2.05, 4.69) is 0 Å². The van der Waals surface area contributed by atoms with Crippen LogP contribution >= 0.6 is 0 Å². The molecule has 0 spiro atoms. The Labute approximate surface area is 56.6 Å². The van der Waals surface area contributed by atoms with Crippen LogP contribution in [0.3, 0.4) is 0 Å². The van der Waals surface area contributed by atoms with Crippen LogP contribution in [-0.4, -0.2) is 14.7 Å². The Morgan fingerprint density at radius 3 is 2.11 bits per heavy atom. The maximum absolute atomic E-state index is 11.3. The van der Waals surface area contributed by atoms with Crippen LogP contribution < -0.4 is 0 Å². The first kappa shape index (κ1) is 7.06. The molecule has 0 aliphatic heterocycles. The summed E-state index contributed by atoms with van der Waals surface area (Å²) >= 11 is 0. The van der Waals surface area contributed by atoms with Gasteiger partial charge in [-0.25, -0.2) is 4.21 Å². The molecule has 1 N–H and O–H groups in total. The number of hydrogen-bond acceptors (Lipinski definition) is 2. The van der Waals surface area contributed by atoms with Crippen molar-refractivity contribution >= 4 is 9.73 Å². The zero-order chi connectivity index (χ0) is 7.07. The minimum absolute atomic E-state index is 0.0463. The Kier molecular flexibility index (Phi) is 1.55. The summed E-state index contributed by atoms with van der Waals surface area (Å²) in [6, 6.07) is 0.